The van der Waals surface area contributed by atoms with Gasteiger partial charge in [0.1, 0.15) is 5.69 Å². The van der Waals surface area contributed by atoms with Gasteiger partial charge in [-0.2, -0.15) is 0 Å². The van der Waals surface area contributed by atoms with Crippen LogP contribution in [0.5, 0.6) is 0 Å². The number of rotatable bonds is 3. The van der Waals surface area contributed by atoms with Crippen LogP contribution in [-0.2, 0) is 0 Å². The van der Waals surface area contributed by atoms with Crippen molar-refractivity contribution in [2.45, 2.75) is 0 Å². The van der Waals surface area contributed by atoms with Crippen molar-refractivity contribution >= 4 is 33.2 Å². The van der Waals surface area contributed by atoms with Gasteiger partial charge in [-0.25, -0.2) is 0 Å². The van der Waals surface area contributed by atoms with Gasteiger partial charge in [0.05, 0.1) is 4.92 Å². The molecule has 2 N–H and O–H groups in total. The number of nitro benzene ring substituents is 1. The van der Waals surface area contributed by atoms with Crippen molar-refractivity contribution in [1.29, 1.82) is 0 Å². The summed E-state index contributed by atoms with van der Waals surface area (Å²) in [5.41, 5.74) is 0.882. The van der Waals surface area contributed by atoms with Gasteiger partial charge < -0.3 is 10.3 Å². The molecule has 92 valence electrons. The molecule has 2 rings (SSSR count). The van der Waals surface area contributed by atoms with E-state index in [1.807, 2.05) is 0 Å². The minimum Gasteiger partial charge on any atom is -0.356 e. The second-order valence-corrected chi connectivity index (χ2v) is 4.41. The van der Waals surface area contributed by atoms with Gasteiger partial charge in [0.25, 0.3) is 11.6 Å². The minimum absolute atomic E-state index is 0.0179. The van der Waals surface area contributed by atoms with Gasteiger partial charge in [0.2, 0.25) is 0 Å². The number of hydrogen-bond donors (Lipinski definition) is 2. The maximum absolute atomic E-state index is 11.7. The average molecular weight is 310 g/mol. The van der Waals surface area contributed by atoms with Crippen LogP contribution in [0.4, 0.5) is 11.4 Å². The largest absolute Gasteiger partial charge is 0.356 e. The lowest BCUT2D eigenvalue weighted by molar-refractivity contribution is -0.384. The summed E-state index contributed by atoms with van der Waals surface area (Å²) in [6, 6.07) is 7.27. The van der Waals surface area contributed by atoms with E-state index in [0.717, 1.165) is 4.47 Å². The number of aromatic amines is 1. The van der Waals surface area contributed by atoms with Crippen molar-refractivity contribution < 1.29 is 9.72 Å². The third kappa shape index (κ3) is 2.75. The monoisotopic (exact) mass is 309 g/mol. The number of halogens is 1. The first-order valence-electron chi connectivity index (χ1n) is 4.96. The molecule has 0 unspecified atom stereocenters. The van der Waals surface area contributed by atoms with Crippen molar-refractivity contribution in [2.24, 2.45) is 0 Å². The number of aromatic nitrogens is 1. The summed E-state index contributed by atoms with van der Waals surface area (Å²) in [6.07, 6.45) is 1.64. The van der Waals surface area contributed by atoms with E-state index >= 15 is 0 Å². The topological polar surface area (TPSA) is 88.0 Å². The van der Waals surface area contributed by atoms with Crippen LogP contribution in [0, 0.1) is 10.1 Å². The number of carbonyl (C=O) groups excluding carboxylic acids is 1. The molecule has 0 spiro atoms. The van der Waals surface area contributed by atoms with Crippen molar-refractivity contribution in [3.63, 3.8) is 0 Å². The number of amides is 1. The van der Waals surface area contributed by atoms with Gasteiger partial charge in [0, 0.05) is 28.5 Å². The Labute approximate surface area is 110 Å². The molecule has 0 radical (unpaired) electrons. The Kier molecular flexibility index (Phi) is 3.42. The zero-order valence-electron chi connectivity index (χ0n) is 9.01. The van der Waals surface area contributed by atoms with Crippen molar-refractivity contribution in [2.75, 3.05) is 5.32 Å². The van der Waals surface area contributed by atoms with E-state index in [9.17, 15) is 14.9 Å². The highest BCUT2D eigenvalue weighted by Crippen LogP contribution is 2.17. The molecule has 0 aliphatic heterocycles. The highest BCUT2D eigenvalue weighted by atomic mass is 79.9. The Morgan fingerprint density at radius 3 is 2.50 bits per heavy atom. The summed E-state index contributed by atoms with van der Waals surface area (Å²) < 4.78 is 0.774. The molecule has 18 heavy (non-hydrogen) atoms. The lowest BCUT2D eigenvalue weighted by atomic mass is 10.3. The molecule has 0 saturated heterocycles. The zero-order chi connectivity index (χ0) is 13.1. The molecule has 0 atom stereocenters. The molecule has 1 aromatic carbocycles. The van der Waals surface area contributed by atoms with E-state index in [1.54, 1.807) is 12.3 Å². The summed E-state index contributed by atoms with van der Waals surface area (Å²) in [5.74, 6) is -0.311. The minimum atomic E-state index is -0.492. The van der Waals surface area contributed by atoms with E-state index < -0.39 is 4.92 Å². The van der Waals surface area contributed by atoms with E-state index in [0.29, 0.717) is 11.4 Å². The third-order valence-corrected chi connectivity index (χ3v) is 2.69. The summed E-state index contributed by atoms with van der Waals surface area (Å²) in [6.45, 7) is 0. The second kappa shape index (κ2) is 5.01. The van der Waals surface area contributed by atoms with Gasteiger partial charge in [-0.1, -0.05) is 0 Å². The molecule has 1 heterocycles. The molecule has 1 amide bonds. The van der Waals surface area contributed by atoms with E-state index in [4.69, 9.17) is 0 Å². The maximum Gasteiger partial charge on any atom is 0.272 e. The SMILES string of the molecule is O=C(Nc1ccc([N+](=O)[O-])cc1)c1cc(Br)c[nH]1. The highest BCUT2D eigenvalue weighted by molar-refractivity contribution is 9.10. The van der Waals surface area contributed by atoms with Crippen LogP contribution in [0.15, 0.2) is 41.0 Å². The van der Waals surface area contributed by atoms with E-state index in [2.05, 4.69) is 26.2 Å². The third-order valence-electron chi connectivity index (χ3n) is 2.23. The Morgan fingerprint density at radius 1 is 1.33 bits per heavy atom. The fraction of sp³-hybridized carbons (Fsp3) is 0. The van der Waals surface area contributed by atoms with Crippen LogP contribution in [0.2, 0.25) is 0 Å². The first-order valence-corrected chi connectivity index (χ1v) is 5.75. The zero-order valence-corrected chi connectivity index (χ0v) is 10.6. The highest BCUT2D eigenvalue weighted by Gasteiger charge is 2.09. The number of H-pyrrole nitrogens is 1. The van der Waals surface area contributed by atoms with Crippen LogP contribution in [0.25, 0.3) is 0 Å². The van der Waals surface area contributed by atoms with Crippen LogP contribution >= 0.6 is 15.9 Å². The Hall–Kier alpha value is -2.15. The van der Waals surface area contributed by atoms with Crippen molar-refractivity contribution in [3.05, 3.63) is 56.8 Å². The Bertz CT molecular complexity index is 592. The first-order chi connectivity index (χ1) is 8.56. The molecule has 0 aliphatic rings. The molecule has 7 heteroatoms. The molecular weight excluding hydrogens is 302 g/mol. The Balaban J connectivity index is 2.10. The first kappa shape index (κ1) is 12.3. The maximum atomic E-state index is 11.7. The molecule has 0 fully saturated rings. The molecular formula is C11H8BrN3O3. The van der Waals surface area contributed by atoms with E-state index in [-0.39, 0.29) is 11.6 Å². The summed E-state index contributed by atoms with van der Waals surface area (Å²) in [4.78, 5) is 24.5. The molecule has 0 saturated carbocycles. The van der Waals surface area contributed by atoms with Crippen LogP contribution < -0.4 is 5.32 Å². The number of nitrogens with one attached hydrogen (secondary N) is 2. The molecule has 1 aromatic heterocycles. The molecule has 6 nitrogen and oxygen atoms in total. The normalized spacial score (nSPS) is 10.1. The van der Waals surface area contributed by atoms with Gasteiger partial charge in [-0.05, 0) is 34.1 Å². The lowest BCUT2D eigenvalue weighted by Gasteiger charge is -2.02. The number of carbonyl (C=O) groups is 1. The number of non-ortho nitro benzene ring substituents is 1. The van der Waals surface area contributed by atoms with Gasteiger partial charge in [-0.15, -0.1) is 0 Å². The van der Waals surface area contributed by atoms with Crippen LogP contribution in [-0.4, -0.2) is 15.8 Å². The smallest absolute Gasteiger partial charge is 0.272 e. The Morgan fingerprint density at radius 2 is 2.00 bits per heavy atom. The van der Waals surface area contributed by atoms with Gasteiger partial charge in [0.15, 0.2) is 0 Å². The van der Waals surface area contributed by atoms with Crippen LogP contribution in [0.1, 0.15) is 10.5 Å². The van der Waals surface area contributed by atoms with Gasteiger partial charge in [-0.3, -0.25) is 14.9 Å². The van der Waals surface area contributed by atoms with Crippen LogP contribution in [0.3, 0.4) is 0 Å². The summed E-state index contributed by atoms with van der Waals surface area (Å²) in [7, 11) is 0. The molecule has 0 aliphatic carbocycles. The number of hydrogen-bond acceptors (Lipinski definition) is 3. The standard InChI is InChI=1S/C11H8BrN3O3/c12-7-5-10(13-6-7)11(16)14-8-1-3-9(4-2-8)15(17)18/h1-6,13H,(H,14,16). The number of nitro groups is 1. The second-order valence-electron chi connectivity index (χ2n) is 3.49. The fourth-order valence-corrected chi connectivity index (χ4v) is 1.71. The quantitative estimate of drug-likeness (QED) is 0.675. The summed E-state index contributed by atoms with van der Waals surface area (Å²) >= 11 is 3.23. The average Bonchev–Trinajstić information content (AvgIpc) is 2.76. The fourth-order valence-electron chi connectivity index (χ4n) is 1.36. The molecule has 2 aromatic rings. The predicted molar refractivity (Wildman–Crippen MR) is 69.5 cm³/mol. The predicted octanol–water partition coefficient (Wildman–Crippen LogP) is 2.94. The van der Waals surface area contributed by atoms with E-state index in [1.165, 1.54) is 24.3 Å². The molecule has 0 bridgehead atoms. The van der Waals surface area contributed by atoms with Crippen molar-refractivity contribution in [1.82, 2.24) is 4.98 Å². The number of anilines is 1. The van der Waals surface area contributed by atoms with Crippen molar-refractivity contribution in [3.8, 4) is 0 Å². The number of benzene rings is 1. The summed E-state index contributed by atoms with van der Waals surface area (Å²) in [5, 5.41) is 13.1. The lowest BCUT2D eigenvalue weighted by Crippen LogP contribution is -2.12. The van der Waals surface area contributed by atoms with Gasteiger partial charge >= 0.3 is 0 Å². The number of nitrogens with zero attached hydrogens (tertiary/aromatic N) is 1.